The monoisotopic (exact) mass is 313 g/mol. The number of hydrogen-bond acceptors (Lipinski definition) is 4. The second-order valence-electron chi connectivity index (χ2n) is 5.34. The van der Waals surface area contributed by atoms with Crippen LogP contribution in [0.25, 0.3) is 0 Å². The summed E-state index contributed by atoms with van der Waals surface area (Å²) >= 11 is 0. The SMILES string of the molecule is Cc1ccc(NC(=O)C[C@H]([NH2+]Cc2cccnc2)C(=O)[O-])cc1. The molecule has 0 saturated carbocycles. The van der Waals surface area contributed by atoms with Crippen LogP contribution in [0.4, 0.5) is 5.69 Å². The lowest BCUT2D eigenvalue weighted by Crippen LogP contribution is -2.92. The van der Waals surface area contributed by atoms with Crippen LogP contribution in [0.1, 0.15) is 17.5 Å². The van der Waals surface area contributed by atoms with Gasteiger partial charge in [-0.2, -0.15) is 0 Å². The van der Waals surface area contributed by atoms with Gasteiger partial charge in [-0.3, -0.25) is 9.78 Å². The Balaban J connectivity index is 1.89. The maximum atomic E-state index is 12.0. The van der Waals surface area contributed by atoms with Crippen molar-refractivity contribution in [2.75, 3.05) is 5.32 Å². The van der Waals surface area contributed by atoms with E-state index >= 15 is 0 Å². The van der Waals surface area contributed by atoms with E-state index in [9.17, 15) is 14.7 Å². The number of carboxylic acids is 1. The van der Waals surface area contributed by atoms with Gasteiger partial charge in [0.25, 0.3) is 0 Å². The summed E-state index contributed by atoms with van der Waals surface area (Å²) in [7, 11) is 0. The van der Waals surface area contributed by atoms with E-state index in [1.54, 1.807) is 35.9 Å². The minimum absolute atomic E-state index is 0.156. The van der Waals surface area contributed by atoms with Crippen molar-refractivity contribution >= 4 is 17.6 Å². The summed E-state index contributed by atoms with van der Waals surface area (Å²) in [4.78, 5) is 27.2. The van der Waals surface area contributed by atoms with Crippen LogP contribution < -0.4 is 15.7 Å². The van der Waals surface area contributed by atoms with Gasteiger partial charge in [-0.25, -0.2) is 0 Å². The number of aryl methyl sites for hydroxylation is 1. The number of quaternary nitrogens is 1. The van der Waals surface area contributed by atoms with Crippen molar-refractivity contribution in [3.05, 3.63) is 59.9 Å². The zero-order valence-electron chi connectivity index (χ0n) is 12.9. The number of nitrogens with two attached hydrogens (primary N) is 1. The molecule has 23 heavy (non-hydrogen) atoms. The normalized spacial score (nSPS) is 11.7. The van der Waals surface area contributed by atoms with Crippen molar-refractivity contribution in [3.63, 3.8) is 0 Å². The highest BCUT2D eigenvalue weighted by atomic mass is 16.4. The molecule has 0 unspecified atom stereocenters. The first-order valence-corrected chi connectivity index (χ1v) is 7.34. The number of benzene rings is 1. The van der Waals surface area contributed by atoms with E-state index in [1.165, 1.54) is 0 Å². The lowest BCUT2D eigenvalue weighted by atomic mass is 10.1. The first kappa shape index (κ1) is 16.6. The molecule has 0 bridgehead atoms. The van der Waals surface area contributed by atoms with Crippen LogP contribution in [-0.4, -0.2) is 22.9 Å². The van der Waals surface area contributed by atoms with Gasteiger partial charge in [0, 0.05) is 23.6 Å². The number of nitrogens with one attached hydrogen (secondary N) is 1. The van der Waals surface area contributed by atoms with Gasteiger partial charge in [0.1, 0.15) is 12.6 Å². The van der Waals surface area contributed by atoms with Crippen LogP contribution in [0.2, 0.25) is 0 Å². The molecule has 6 heteroatoms. The van der Waals surface area contributed by atoms with E-state index < -0.39 is 12.0 Å². The number of aliphatic carboxylic acids is 1. The molecule has 1 atom stereocenters. The van der Waals surface area contributed by atoms with Gasteiger partial charge in [-0.05, 0) is 25.1 Å². The molecule has 1 aromatic carbocycles. The van der Waals surface area contributed by atoms with Gasteiger partial charge in [-0.1, -0.05) is 23.8 Å². The molecule has 1 heterocycles. The van der Waals surface area contributed by atoms with Gasteiger partial charge in [0.15, 0.2) is 0 Å². The van der Waals surface area contributed by atoms with E-state index in [0.29, 0.717) is 12.2 Å². The standard InChI is InChI=1S/C17H19N3O3/c1-12-4-6-14(7-5-12)20-16(21)9-15(17(22)23)19-11-13-3-2-8-18-10-13/h2-8,10,15,19H,9,11H2,1H3,(H,20,21)(H,22,23)/t15-/m0/s1. The molecule has 1 aromatic heterocycles. The molecule has 6 nitrogen and oxygen atoms in total. The average molecular weight is 313 g/mol. The summed E-state index contributed by atoms with van der Waals surface area (Å²) in [6, 6.07) is 9.99. The van der Waals surface area contributed by atoms with Crippen molar-refractivity contribution in [1.82, 2.24) is 4.98 Å². The van der Waals surface area contributed by atoms with Gasteiger partial charge in [0.05, 0.1) is 12.4 Å². The van der Waals surface area contributed by atoms with Gasteiger partial charge < -0.3 is 20.5 Å². The Morgan fingerprint density at radius 3 is 2.61 bits per heavy atom. The predicted molar refractivity (Wildman–Crippen MR) is 83.1 cm³/mol. The van der Waals surface area contributed by atoms with Crippen LogP contribution in [0.3, 0.4) is 0 Å². The smallest absolute Gasteiger partial charge is 0.230 e. The molecule has 0 aliphatic carbocycles. The minimum Gasteiger partial charge on any atom is -0.544 e. The Morgan fingerprint density at radius 2 is 2.00 bits per heavy atom. The second-order valence-corrected chi connectivity index (χ2v) is 5.34. The fraction of sp³-hybridized carbons (Fsp3) is 0.235. The molecular formula is C17H19N3O3. The summed E-state index contributed by atoms with van der Waals surface area (Å²) in [6.45, 7) is 2.37. The first-order valence-electron chi connectivity index (χ1n) is 7.34. The van der Waals surface area contributed by atoms with Crippen LogP contribution in [-0.2, 0) is 16.1 Å². The largest absolute Gasteiger partial charge is 0.544 e. The third-order valence-electron chi connectivity index (χ3n) is 3.40. The predicted octanol–water partition coefficient (Wildman–Crippen LogP) is -0.399. The molecule has 1 amide bonds. The molecule has 3 N–H and O–H groups in total. The highest BCUT2D eigenvalue weighted by Crippen LogP contribution is 2.09. The van der Waals surface area contributed by atoms with Crippen LogP contribution in [0.5, 0.6) is 0 Å². The molecule has 2 rings (SSSR count). The van der Waals surface area contributed by atoms with Crippen molar-refractivity contribution in [1.29, 1.82) is 0 Å². The van der Waals surface area contributed by atoms with E-state index in [1.807, 2.05) is 25.1 Å². The third-order valence-corrected chi connectivity index (χ3v) is 3.40. The fourth-order valence-electron chi connectivity index (χ4n) is 2.11. The van der Waals surface area contributed by atoms with Gasteiger partial charge in [-0.15, -0.1) is 0 Å². The number of carbonyl (C=O) groups is 2. The fourth-order valence-corrected chi connectivity index (χ4v) is 2.11. The lowest BCUT2D eigenvalue weighted by Gasteiger charge is -2.16. The highest BCUT2D eigenvalue weighted by Gasteiger charge is 2.18. The summed E-state index contributed by atoms with van der Waals surface area (Å²) in [5.41, 5.74) is 2.61. The first-order chi connectivity index (χ1) is 11.0. The van der Waals surface area contributed by atoms with E-state index in [4.69, 9.17) is 0 Å². The molecule has 0 spiro atoms. The Morgan fingerprint density at radius 1 is 1.26 bits per heavy atom. The molecular weight excluding hydrogens is 294 g/mol. The molecule has 0 saturated heterocycles. The van der Waals surface area contributed by atoms with Crippen molar-refractivity contribution in [3.8, 4) is 0 Å². The summed E-state index contributed by atoms with van der Waals surface area (Å²) in [5.74, 6) is -1.61. The molecule has 2 aromatic rings. The molecule has 120 valence electrons. The summed E-state index contributed by atoms with van der Waals surface area (Å²) in [5, 5.41) is 15.5. The number of carbonyl (C=O) groups excluding carboxylic acids is 2. The number of carboxylic acid groups (broad SMARTS) is 1. The number of anilines is 1. The number of hydrogen-bond donors (Lipinski definition) is 2. The van der Waals surface area contributed by atoms with E-state index in [2.05, 4.69) is 10.3 Å². The van der Waals surface area contributed by atoms with Crippen molar-refractivity contribution in [2.45, 2.75) is 25.9 Å². The number of nitrogens with zero attached hydrogens (tertiary/aromatic N) is 1. The number of aromatic nitrogens is 1. The highest BCUT2D eigenvalue weighted by molar-refractivity contribution is 5.93. The Labute approximate surface area is 134 Å². The molecule has 0 aliphatic heterocycles. The molecule has 0 radical (unpaired) electrons. The van der Waals surface area contributed by atoms with Crippen LogP contribution in [0, 0.1) is 6.92 Å². The molecule has 0 fully saturated rings. The average Bonchev–Trinajstić information content (AvgIpc) is 2.54. The summed E-state index contributed by atoms with van der Waals surface area (Å²) < 4.78 is 0. The van der Waals surface area contributed by atoms with E-state index in [0.717, 1.165) is 11.1 Å². The Bertz CT molecular complexity index is 657. The Kier molecular flexibility index (Phi) is 5.82. The quantitative estimate of drug-likeness (QED) is 0.726. The van der Waals surface area contributed by atoms with Crippen molar-refractivity contribution < 1.29 is 20.0 Å². The summed E-state index contributed by atoms with van der Waals surface area (Å²) in [6.07, 6.45) is 3.15. The Hall–Kier alpha value is -2.73. The van der Waals surface area contributed by atoms with Crippen molar-refractivity contribution in [2.24, 2.45) is 0 Å². The maximum Gasteiger partial charge on any atom is 0.230 e. The zero-order valence-corrected chi connectivity index (χ0v) is 12.9. The number of pyridine rings is 1. The third kappa shape index (κ3) is 5.52. The molecule has 0 aliphatic rings. The topological polar surface area (TPSA) is 98.7 Å². The number of rotatable bonds is 7. The van der Waals surface area contributed by atoms with Gasteiger partial charge >= 0.3 is 0 Å². The zero-order chi connectivity index (χ0) is 16.7. The van der Waals surface area contributed by atoms with Crippen LogP contribution >= 0.6 is 0 Å². The second kappa shape index (κ2) is 8.05. The van der Waals surface area contributed by atoms with Crippen LogP contribution in [0.15, 0.2) is 48.8 Å². The van der Waals surface area contributed by atoms with E-state index in [-0.39, 0.29) is 12.3 Å². The van der Waals surface area contributed by atoms with Gasteiger partial charge in [0.2, 0.25) is 5.91 Å². The lowest BCUT2D eigenvalue weighted by molar-refractivity contribution is -0.697. The minimum atomic E-state index is -1.26. The maximum absolute atomic E-state index is 12.0. The number of amides is 1.